The maximum Gasteiger partial charge on any atom is 0.221 e. The molecule has 0 radical (unpaired) electrons. The van der Waals surface area contributed by atoms with Gasteiger partial charge in [0.25, 0.3) is 0 Å². The molecule has 0 unspecified atom stereocenters. The largest absolute Gasteiger partial charge is 0.369 e. The van der Waals surface area contributed by atoms with Crippen molar-refractivity contribution in [3.63, 3.8) is 0 Å². The van der Waals surface area contributed by atoms with Gasteiger partial charge in [-0.25, -0.2) is 13.1 Å². The first-order chi connectivity index (χ1) is 13.8. The van der Waals surface area contributed by atoms with Crippen LogP contribution in [-0.4, -0.2) is 46.0 Å². The van der Waals surface area contributed by atoms with Crippen LogP contribution in [0.5, 0.6) is 0 Å². The molecule has 1 aliphatic rings. The topological polar surface area (TPSA) is 52.7 Å². The van der Waals surface area contributed by atoms with E-state index >= 15 is 0 Å². The first-order valence-corrected chi connectivity index (χ1v) is 11.9. The minimum Gasteiger partial charge on any atom is -0.369 e. The molecule has 6 heteroatoms. The second-order valence-electron chi connectivity index (χ2n) is 8.20. The highest BCUT2D eigenvalue weighted by Crippen LogP contribution is 2.30. The van der Waals surface area contributed by atoms with Crippen molar-refractivity contribution in [2.45, 2.75) is 38.5 Å². The third-order valence-corrected chi connectivity index (χ3v) is 7.93. The van der Waals surface area contributed by atoms with Crippen LogP contribution in [-0.2, 0) is 21.3 Å². The van der Waals surface area contributed by atoms with Gasteiger partial charge in [-0.1, -0.05) is 49.4 Å². The summed E-state index contributed by atoms with van der Waals surface area (Å²) in [4.78, 5) is 4.86. The van der Waals surface area contributed by atoms with E-state index in [-0.39, 0.29) is 0 Å². The number of piperazine rings is 1. The van der Waals surface area contributed by atoms with E-state index in [0.29, 0.717) is 6.54 Å². The van der Waals surface area contributed by atoms with Crippen LogP contribution in [0.1, 0.15) is 38.3 Å². The summed E-state index contributed by atoms with van der Waals surface area (Å²) >= 11 is 0. The lowest BCUT2D eigenvalue weighted by Crippen LogP contribution is -2.46. The van der Waals surface area contributed by atoms with E-state index in [1.165, 1.54) is 5.56 Å². The Bertz CT molecular complexity index is 872. The highest BCUT2D eigenvalue weighted by atomic mass is 32.2. The number of rotatable bonds is 8. The van der Waals surface area contributed by atoms with Crippen LogP contribution in [0.25, 0.3) is 0 Å². The molecule has 0 atom stereocenters. The number of hydrogen-bond acceptors (Lipinski definition) is 4. The third kappa shape index (κ3) is 5.18. The van der Waals surface area contributed by atoms with Gasteiger partial charge in [-0.2, -0.15) is 0 Å². The Kier molecular flexibility index (Phi) is 6.98. The fourth-order valence-electron chi connectivity index (χ4n) is 3.65. The summed E-state index contributed by atoms with van der Waals surface area (Å²) in [7, 11) is -3.42. The zero-order valence-corrected chi connectivity index (χ0v) is 18.6. The van der Waals surface area contributed by atoms with E-state index < -0.39 is 14.8 Å². The highest BCUT2D eigenvalue weighted by molar-refractivity contribution is 7.90. The second-order valence-corrected chi connectivity index (χ2v) is 10.5. The Labute approximate surface area is 175 Å². The van der Waals surface area contributed by atoms with Gasteiger partial charge in [0.15, 0.2) is 0 Å². The molecule has 0 aliphatic carbocycles. The van der Waals surface area contributed by atoms with Crippen molar-refractivity contribution in [1.82, 2.24) is 9.62 Å². The van der Waals surface area contributed by atoms with Crippen LogP contribution < -0.4 is 9.62 Å². The van der Waals surface area contributed by atoms with Crippen molar-refractivity contribution < 1.29 is 8.42 Å². The van der Waals surface area contributed by atoms with E-state index in [1.807, 2.05) is 19.1 Å². The molecule has 1 aliphatic heterocycles. The third-order valence-electron chi connectivity index (χ3n) is 5.76. The number of nitrogens with zero attached hydrogens (tertiary/aromatic N) is 2. The van der Waals surface area contributed by atoms with Crippen LogP contribution in [0.15, 0.2) is 54.6 Å². The molecule has 1 fully saturated rings. The SMILES string of the molecule is CCCNS(=O)(=O)C(C)(C)c1ccc(N2CCN(Cc3ccccc3)CC2)cc1. The van der Waals surface area contributed by atoms with E-state index in [0.717, 1.165) is 50.4 Å². The molecular formula is C23H33N3O2S. The van der Waals surface area contributed by atoms with Crippen molar-refractivity contribution in [3.8, 4) is 0 Å². The van der Waals surface area contributed by atoms with Crippen LogP contribution in [0.4, 0.5) is 5.69 Å². The summed E-state index contributed by atoms with van der Waals surface area (Å²) in [6.07, 6.45) is 0.782. The van der Waals surface area contributed by atoms with Crippen LogP contribution >= 0.6 is 0 Å². The second kappa shape index (κ2) is 9.28. The van der Waals surface area contributed by atoms with Crippen LogP contribution in [0, 0.1) is 0 Å². The van der Waals surface area contributed by atoms with E-state index in [9.17, 15) is 8.42 Å². The minimum absolute atomic E-state index is 0.469. The number of anilines is 1. The summed E-state index contributed by atoms with van der Waals surface area (Å²) in [5.41, 5.74) is 3.32. The fraction of sp³-hybridized carbons (Fsp3) is 0.478. The number of benzene rings is 2. The summed E-state index contributed by atoms with van der Waals surface area (Å²) < 4.78 is 27.1. The Balaban J connectivity index is 1.61. The van der Waals surface area contributed by atoms with Gasteiger partial charge in [0.2, 0.25) is 10.0 Å². The van der Waals surface area contributed by atoms with E-state index in [2.05, 4.69) is 57.0 Å². The molecule has 0 amide bonds. The first kappa shape index (κ1) is 21.8. The normalized spacial score (nSPS) is 16.2. The van der Waals surface area contributed by atoms with Crippen molar-refractivity contribution in [3.05, 3.63) is 65.7 Å². The van der Waals surface area contributed by atoms with Gasteiger partial charge in [-0.15, -0.1) is 0 Å². The van der Waals surface area contributed by atoms with Crippen molar-refractivity contribution >= 4 is 15.7 Å². The fourth-order valence-corrected chi connectivity index (χ4v) is 4.93. The van der Waals surface area contributed by atoms with Gasteiger partial charge >= 0.3 is 0 Å². The molecule has 0 saturated carbocycles. The van der Waals surface area contributed by atoms with E-state index in [4.69, 9.17) is 0 Å². The minimum atomic E-state index is -3.42. The Morgan fingerprint density at radius 1 is 0.931 bits per heavy atom. The molecule has 3 rings (SSSR count). The predicted molar refractivity (Wildman–Crippen MR) is 121 cm³/mol. The van der Waals surface area contributed by atoms with Crippen LogP contribution in [0.3, 0.4) is 0 Å². The molecule has 2 aromatic carbocycles. The molecule has 1 heterocycles. The summed E-state index contributed by atoms with van der Waals surface area (Å²) in [5, 5.41) is 0. The number of hydrogen-bond donors (Lipinski definition) is 1. The Morgan fingerprint density at radius 3 is 2.14 bits per heavy atom. The average molecular weight is 416 g/mol. The zero-order valence-electron chi connectivity index (χ0n) is 17.8. The molecule has 1 N–H and O–H groups in total. The standard InChI is InChI=1S/C23H33N3O2S/c1-4-14-24-29(27,28)23(2,3)21-10-12-22(13-11-21)26-17-15-25(16-18-26)19-20-8-6-5-7-9-20/h5-13,24H,4,14-19H2,1-3H3. The van der Waals surface area contributed by atoms with Crippen LogP contribution in [0.2, 0.25) is 0 Å². The molecule has 2 aromatic rings. The quantitative estimate of drug-likeness (QED) is 0.716. The molecular weight excluding hydrogens is 382 g/mol. The molecule has 158 valence electrons. The summed E-state index contributed by atoms with van der Waals surface area (Å²) in [5.74, 6) is 0. The molecule has 1 saturated heterocycles. The first-order valence-electron chi connectivity index (χ1n) is 10.4. The summed E-state index contributed by atoms with van der Waals surface area (Å²) in [6, 6.07) is 18.6. The Hall–Kier alpha value is -1.89. The molecule has 0 spiro atoms. The predicted octanol–water partition coefficient (Wildman–Crippen LogP) is 3.57. The van der Waals surface area contributed by atoms with Gasteiger partial charge in [0.1, 0.15) is 4.75 Å². The van der Waals surface area contributed by atoms with Gasteiger partial charge in [0, 0.05) is 45.0 Å². The van der Waals surface area contributed by atoms with Gasteiger partial charge in [0.05, 0.1) is 0 Å². The van der Waals surface area contributed by atoms with Crippen molar-refractivity contribution in [2.75, 3.05) is 37.6 Å². The monoisotopic (exact) mass is 415 g/mol. The number of sulfonamides is 1. The Morgan fingerprint density at radius 2 is 1.55 bits per heavy atom. The van der Waals surface area contributed by atoms with E-state index in [1.54, 1.807) is 13.8 Å². The maximum absolute atomic E-state index is 12.7. The van der Waals surface area contributed by atoms with Gasteiger partial charge in [-0.05, 0) is 43.5 Å². The van der Waals surface area contributed by atoms with Crippen molar-refractivity contribution in [2.24, 2.45) is 0 Å². The lowest BCUT2D eigenvalue weighted by molar-refractivity contribution is 0.250. The average Bonchev–Trinajstić information content (AvgIpc) is 2.73. The zero-order chi connectivity index (χ0) is 20.9. The molecule has 0 aromatic heterocycles. The maximum atomic E-state index is 12.7. The lowest BCUT2D eigenvalue weighted by Gasteiger charge is -2.36. The van der Waals surface area contributed by atoms with Gasteiger partial charge < -0.3 is 4.90 Å². The smallest absolute Gasteiger partial charge is 0.221 e. The lowest BCUT2D eigenvalue weighted by atomic mass is 10.0. The molecule has 29 heavy (non-hydrogen) atoms. The molecule has 0 bridgehead atoms. The summed E-state index contributed by atoms with van der Waals surface area (Å²) in [6.45, 7) is 11.0. The number of nitrogens with one attached hydrogen (secondary N) is 1. The van der Waals surface area contributed by atoms with Gasteiger partial charge in [-0.3, -0.25) is 4.90 Å². The van der Waals surface area contributed by atoms with Crippen molar-refractivity contribution in [1.29, 1.82) is 0 Å². The highest BCUT2D eigenvalue weighted by Gasteiger charge is 2.35. The molecule has 5 nitrogen and oxygen atoms in total.